The molecule has 3 amide bonds. The number of hydrogen-bond donors (Lipinski definition) is 4. The Morgan fingerprint density at radius 2 is 1.76 bits per heavy atom. The highest BCUT2D eigenvalue weighted by Gasteiger charge is 2.28. The number of nitrogens with one attached hydrogen (secondary N) is 3. The second-order valence-electron chi connectivity index (χ2n) is 10.1. The number of amides is 3. The highest BCUT2D eigenvalue weighted by atomic mass is 16.5. The number of benzene rings is 2. The molecule has 0 saturated carbocycles. The minimum Gasteiger partial charge on any atom is -0.379 e. The minimum atomic E-state index is -0.798. The summed E-state index contributed by atoms with van der Waals surface area (Å²) in [6.07, 6.45) is 1.43. The van der Waals surface area contributed by atoms with E-state index in [0.29, 0.717) is 19.4 Å². The number of hydroxylamine groups is 1. The first kappa shape index (κ1) is 28.6. The fourth-order valence-electron chi connectivity index (χ4n) is 4.77. The summed E-state index contributed by atoms with van der Waals surface area (Å²) in [7, 11) is 0. The van der Waals surface area contributed by atoms with Gasteiger partial charge in [0.25, 0.3) is 0 Å². The van der Waals surface area contributed by atoms with Gasteiger partial charge in [-0.25, -0.2) is 5.48 Å². The number of rotatable bonds is 13. The van der Waals surface area contributed by atoms with Gasteiger partial charge in [-0.1, -0.05) is 56.3 Å². The van der Waals surface area contributed by atoms with Crippen LogP contribution in [0, 0.1) is 11.8 Å². The molecule has 0 radical (unpaired) electrons. The van der Waals surface area contributed by atoms with Crippen molar-refractivity contribution in [2.45, 2.75) is 45.6 Å². The van der Waals surface area contributed by atoms with E-state index in [1.165, 1.54) is 0 Å². The SMILES string of the molecule is CC(C)C[C@H](CC(=O)NO)C(=O)N[C@H](Cc1cccc2ccccc12)C(=O)NCCCN1CCOCC1. The molecule has 1 fully saturated rings. The van der Waals surface area contributed by atoms with Crippen LogP contribution in [0.3, 0.4) is 0 Å². The van der Waals surface area contributed by atoms with Gasteiger partial charge in [0.05, 0.1) is 13.2 Å². The summed E-state index contributed by atoms with van der Waals surface area (Å²) >= 11 is 0. The fourth-order valence-corrected chi connectivity index (χ4v) is 4.77. The number of carbonyl (C=O) groups is 3. The Bertz CT molecular complexity index is 1030. The topological polar surface area (TPSA) is 120 Å². The lowest BCUT2D eigenvalue weighted by molar-refractivity contribution is -0.136. The molecule has 1 aliphatic rings. The van der Waals surface area contributed by atoms with Gasteiger partial charge in [0.15, 0.2) is 0 Å². The Balaban J connectivity index is 1.71. The molecule has 0 aliphatic carbocycles. The zero-order valence-electron chi connectivity index (χ0n) is 21.9. The van der Waals surface area contributed by atoms with Crippen LogP contribution in [0.2, 0.25) is 0 Å². The van der Waals surface area contributed by atoms with E-state index < -0.39 is 17.9 Å². The smallest absolute Gasteiger partial charge is 0.244 e. The van der Waals surface area contributed by atoms with E-state index in [9.17, 15) is 14.4 Å². The van der Waals surface area contributed by atoms with Crippen molar-refractivity contribution in [3.63, 3.8) is 0 Å². The number of fused-ring (bicyclic) bond motifs is 1. The lowest BCUT2D eigenvalue weighted by atomic mass is 9.92. The number of hydrogen-bond acceptors (Lipinski definition) is 6. The fraction of sp³-hybridized carbons (Fsp3) is 0.536. The molecule has 0 spiro atoms. The summed E-state index contributed by atoms with van der Waals surface area (Å²) in [5.74, 6) is -1.74. The zero-order chi connectivity index (χ0) is 26.6. The largest absolute Gasteiger partial charge is 0.379 e. The normalized spacial score (nSPS) is 15.8. The van der Waals surface area contributed by atoms with Crippen LogP contribution < -0.4 is 16.1 Å². The van der Waals surface area contributed by atoms with E-state index in [1.807, 2.05) is 56.3 Å². The molecular weight excluding hydrogens is 472 g/mol. The number of morpholine rings is 1. The van der Waals surface area contributed by atoms with E-state index in [-0.39, 0.29) is 24.2 Å². The van der Waals surface area contributed by atoms with Crippen molar-refractivity contribution in [1.82, 2.24) is 21.0 Å². The molecule has 9 nitrogen and oxygen atoms in total. The zero-order valence-corrected chi connectivity index (χ0v) is 21.9. The van der Waals surface area contributed by atoms with Crippen molar-refractivity contribution in [3.05, 3.63) is 48.0 Å². The maximum atomic E-state index is 13.3. The van der Waals surface area contributed by atoms with Gasteiger partial charge in [0.2, 0.25) is 17.7 Å². The second-order valence-corrected chi connectivity index (χ2v) is 10.1. The molecule has 0 aromatic heterocycles. The van der Waals surface area contributed by atoms with Crippen LogP contribution in [0.1, 0.15) is 38.7 Å². The van der Waals surface area contributed by atoms with E-state index in [4.69, 9.17) is 9.94 Å². The van der Waals surface area contributed by atoms with Crippen LogP contribution >= 0.6 is 0 Å². The van der Waals surface area contributed by atoms with Crippen LogP contribution in [-0.4, -0.2) is 73.3 Å². The average Bonchev–Trinajstić information content (AvgIpc) is 2.90. The molecule has 3 rings (SSSR count). The van der Waals surface area contributed by atoms with Crippen LogP contribution in [0.5, 0.6) is 0 Å². The maximum Gasteiger partial charge on any atom is 0.244 e. The number of nitrogens with zero attached hydrogens (tertiary/aromatic N) is 1. The molecule has 1 aliphatic heterocycles. The summed E-state index contributed by atoms with van der Waals surface area (Å²) < 4.78 is 5.38. The first-order chi connectivity index (χ1) is 17.9. The van der Waals surface area contributed by atoms with Crippen molar-refractivity contribution in [2.75, 3.05) is 39.4 Å². The third-order valence-corrected chi connectivity index (χ3v) is 6.67. The number of carbonyl (C=O) groups excluding carboxylic acids is 3. The van der Waals surface area contributed by atoms with E-state index in [2.05, 4.69) is 15.5 Å². The molecule has 0 bridgehead atoms. The molecule has 2 atom stereocenters. The third-order valence-electron chi connectivity index (χ3n) is 6.67. The third kappa shape index (κ3) is 9.10. The van der Waals surface area contributed by atoms with Gasteiger partial charge in [-0.3, -0.25) is 24.5 Å². The van der Waals surface area contributed by atoms with Crippen LogP contribution in [0.4, 0.5) is 0 Å². The molecule has 4 N–H and O–H groups in total. The Morgan fingerprint density at radius 3 is 2.49 bits per heavy atom. The molecule has 1 saturated heterocycles. The summed E-state index contributed by atoms with van der Waals surface area (Å²) in [6, 6.07) is 13.1. The quantitative estimate of drug-likeness (QED) is 0.186. The molecule has 9 heteroatoms. The van der Waals surface area contributed by atoms with Gasteiger partial charge in [-0.05, 0) is 41.6 Å². The van der Waals surface area contributed by atoms with Crippen molar-refractivity contribution in [1.29, 1.82) is 0 Å². The first-order valence-corrected chi connectivity index (χ1v) is 13.1. The lowest BCUT2D eigenvalue weighted by Gasteiger charge is -2.27. The summed E-state index contributed by atoms with van der Waals surface area (Å²) in [5.41, 5.74) is 2.57. The van der Waals surface area contributed by atoms with Gasteiger partial charge in [0.1, 0.15) is 6.04 Å². The monoisotopic (exact) mass is 512 g/mol. The summed E-state index contributed by atoms with van der Waals surface area (Å²) in [4.78, 5) is 40.7. The predicted octanol–water partition coefficient (Wildman–Crippen LogP) is 2.26. The Hall–Kier alpha value is -3.01. The second kappa shape index (κ2) is 14.7. The van der Waals surface area contributed by atoms with Crippen molar-refractivity contribution >= 4 is 28.5 Å². The predicted molar refractivity (Wildman–Crippen MR) is 142 cm³/mol. The molecule has 2 aromatic rings. The molecule has 202 valence electrons. The van der Waals surface area contributed by atoms with Crippen LogP contribution in [0.25, 0.3) is 10.8 Å². The summed E-state index contributed by atoms with van der Waals surface area (Å²) in [6.45, 7) is 8.56. The highest BCUT2D eigenvalue weighted by molar-refractivity contribution is 5.92. The summed E-state index contributed by atoms with van der Waals surface area (Å²) in [5, 5.41) is 17.0. The maximum absolute atomic E-state index is 13.3. The lowest BCUT2D eigenvalue weighted by Crippen LogP contribution is -2.50. The molecule has 0 unspecified atom stereocenters. The van der Waals surface area contributed by atoms with Crippen molar-refractivity contribution in [2.24, 2.45) is 11.8 Å². The van der Waals surface area contributed by atoms with Crippen LogP contribution in [-0.2, 0) is 25.5 Å². The molecule has 37 heavy (non-hydrogen) atoms. The van der Waals surface area contributed by atoms with Gasteiger partial charge >= 0.3 is 0 Å². The van der Waals surface area contributed by atoms with E-state index in [0.717, 1.165) is 55.6 Å². The first-order valence-electron chi connectivity index (χ1n) is 13.1. The highest BCUT2D eigenvalue weighted by Crippen LogP contribution is 2.21. The number of ether oxygens (including phenoxy) is 1. The molecule has 2 aromatic carbocycles. The standard InChI is InChI=1S/C28H40N4O5/c1-20(2)17-23(19-26(33)31-36)27(34)30-25(18-22-9-5-8-21-7-3-4-10-24(21)22)28(35)29-11-6-12-32-13-15-37-16-14-32/h3-5,7-10,20,23,25,36H,6,11-19H2,1-2H3,(H,29,35)(H,30,34)(H,31,33)/t23-,25-/m1/s1. The molecule has 1 heterocycles. The molecular formula is C28H40N4O5. The Labute approximate surface area is 218 Å². The van der Waals surface area contributed by atoms with E-state index in [1.54, 1.807) is 5.48 Å². The van der Waals surface area contributed by atoms with Gasteiger partial charge in [-0.2, -0.15) is 0 Å². The van der Waals surface area contributed by atoms with E-state index >= 15 is 0 Å². The van der Waals surface area contributed by atoms with Gasteiger partial charge < -0.3 is 15.4 Å². The van der Waals surface area contributed by atoms with Crippen LogP contribution in [0.15, 0.2) is 42.5 Å². The van der Waals surface area contributed by atoms with Crippen molar-refractivity contribution in [3.8, 4) is 0 Å². The Morgan fingerprint density at radius 1 is 1.03 bits per heavy atom. The van der Waals surface area contributed by atoms with Crippen molar-refractivity contribution < 1.29 is 24.3 Å². The minimum absolute atomic E-state index is 0.150. The van der Waals surface area contributed by atoms with Gasteiger partial charge in [-0.15, -0.1) is 0 Å². The van der Waals surface area contributed by atoms with Gasteiger partial charge in [0, 0.05) is 38.4 Å². The Kier molecular flexibility index (Phi) is 11.3. The average molecular weight is 513 g/mol.